The van der Waals surface area contributed by atoms with Gasteiger partial charge in [-0.25, -0.2) is 4.99 Å². The van der Waals surface area contributed by atoms with Gasteiger partial charge in [-0.1, -0.05) is 29.8 Å². The number of nitrogens with zero attached hydrogens (tertiary/aromatic N) is 1. The maximum absolute atomic E-state index is 12.9. The first kappa shape index (κ1) is 17.7. The SMILES string of the molecule is Cc1ccc(C=Nc2sc3c(c2C(=O)NCc2ccco2)CCCC3)cc1. The van der Waals surface area contributed by atoms with Gasteiger partial charge in [0.25, 0.3) is 5.91 Å². The van der Waals surface area contributed by atoms with E-state index in [1.165, 1.54) is 22.4 Å². The third-order valence-corrected chi connectivity index (χ3v) is 5.99. The number of hydrogen-bond donors (Lipinski definition) is 1. The summed E-state index contributed by atoms with van der Waals surface area (Å²) in [4.78, 5) is 18.9. The van der Waals surface area contributed by atoms with Gasteiger partial charge in [0, 0.05) is 11.1 Å². The number of benzene rings is 1. The monoisotopic (exact) mass is 378 g/mol. The first-order chi connectivity index (χ1) is 13.2. The lowest BCUT2D eigenvalue weighted by Crippen LogP contribution is -2.23. The molecular weight excluding hydrogens is 356 g/mol. The van der Waals surface area contributed by atoms with Crippen LogP contribution in [0.2, 0.25) is 0 Å². The molecule has 0 saturated carbocycles. The minimum Gasteiger partial charge on any atom is -0.467 e. The second-order valence-electron chi connectivity index (χ2n) is 6.82. The van der Waals surface area contributed by atoms with Crippen LogP contribution in [-0.4, -0.2) is 12.1 Å². The second kappa shape index (κ2) is 7.92. The normalized spacial score (nSPS) is 13.7. The molecule has 4 rings (SSSR count). The highest BCUT2D eigenvalue weighted by Crippen LogP contribution is 2.39. The summed E-state index contributed by atoms with van der Waals surface area (Å²) in [6, 6.07) is 11.9. The Morgan fingerprint density at radius 3 is 2.81 bits per heavy atom. The van der Waals surface area contributed by atoms with E-state index in [0.717, 1.165) is 41.2 Å². The highest BCUT2D eigenvalue weighted by Gasteiger charge is 2.25. The maximum atomic E-state index is 12.9. The van der Waals surface area contributed by atoms with Gasteiger partial charge in [-0.3, -0.25) is 4.79 Å². The van der Waals surface area contributed by atoms with Gasteiger partial charge in [-0.05, 0) is 55.9 Å². The van der Waals surface area contributed by atoms with Crippen LogP contribution in [0, 0.1) is 6.92 Å². The molecule has 5 heteroatoms. The molecule has 1 aliphatic rings. The number of aliphatic imine (C=N–C) groups is 1. The van der Waals surface area contributed by atoms with Crippen LogP contribution in [-0.2, 0) is 19.4 Å². The largest absolute Gasteiger partial charge is 0.467 e. The van der Waals surface area contributed by atoms with Gasteiger partial charge in [0.1, 0.15) is 10.8 Å². The molecule has 0 radical (unpaired) electrons. The van der Waals surface area contributed by atoms with Crippen LogP contribution in [0.3, 0.4) is 0 Å². The van der Waals surface area contributed by atoms with Crippen LogP contribution in [0.1, 0.15) is 50.5 Å². The molecule has 3 aromatic rings. The van der Waals surface area contributed by atoms with Crippen molar-refractivity contribution < 1.29 is 9.21 Å². The van der Waals surface area contributed by atoms with Crippen LogP contribution in [0.5, 0.6) is 0 Å². The number of fused-ring (bicyclic) bond motifs is 1. The van der Waals surface area contributed by atoms with Gasteiger partial charge in [-0.2, -0.15) is 0 Å². The molecule has 2 heterocycles. The number of furan rings is 1. The number of carbonyl (C=O) groups is 1. The van der Waals surface area contributed by atoms with Crippen molar-refractivity contribution in [1.29, 1.82) is 0 Å². The van der Waals surface area contributed by atoms with Gasteiger partial charge >= 0.3 is 0 Å². The molecule has 2 aromatic heterocycles. The van der Waals surface area contributed by atoms with Crippen LogP contribution >= 0.6 is 11.3 Å². The third kappa shape index (κ3) is 4.03. The molecule has 138 valence electrons. The number of carbonyl (C=O) groups excluding carboxylic acids is 1. The fraction of sp³-hybridized carbons (Fsp3) is 0.273. The van der Waals surface area contributed by atoms with Crippen molar-refractivity contribution in [2.45, 2.75) is 39.2 Å². The predicted octanol–water partition coefficient (Wildman–Crippen LogP) is 5.21. The maximum Gasteiger partial charge on any atom is 0.255 e. The Bertz CT molecular complexity index is 953. The molecule has 4 nitrogen and oxygen atoms in total. The summed E-state index contributed by atoms with van der Waals surface area (Å²) in [5.74, 6) is 0.680. The first-order valence-corrected chi connectivity index (χ1v) is 10.1. The molecule has 1 aromatic carbocycles. The third-order valence-electron chi connectivity index (χ3n) is 4.79. The number of aryl methyl sites for hydroxylation is 2. The molecule has 0 spiro atoms. The fourth-order valence-corrected chi connectivity index (χ4v) is 4.56. The first-order valence-electron chi connectivity index (χ1n) is 9.26. The molecule has 0 aliphatic heterocycles. The van der Waals surface area contributed by atoms with Crippen molar-refractivity contribution in [3.05, 3.63) is 75.6 Å². The van der Waals surface area contributed by atoms with E-state index >= 15 is 0 Å². The number of hydrogen-bond acceptors (Lipinski definition) is 4. The second-order valence-corrected chi connectivity index (χ2v) is 7.91. The van der Waals surface area contributed by atoms with Crippen molar-refractivity contribution in [2.24, 2.45) is 4.99 Å². The Labute approximate surface area is 163 Å². The average Bonchev–Trinajstić information content (AvgIpc) is 3.33. The van der Waals surface area contributed by atoms with Crippen molar-refractivity contribution in [3.63, 3.8) is 0 Å². The predicted molar refractivity (Wildman–Crippen MR) is 109 cm³/mol. The summed E-state index contributed by atoms with van der Waals surface area (Å²) in [6.07, 6.45) is 7.77. The van der Waals surface area contributed by atoms with Crippen LogP contribution in [0.25, 0.3) is 0 Å². The minimum atomic E-state index is -0.0677. The van der Waals surface area contributed by atoms with Crippen LogP contribution in [0.15, 0.2) is 52.1 Å². The van der Waals surface area contributed by atoms with Crippen LogP contribution < -0.4 is 5.32 Å². The van der Waals surface area contributed by atoms with E-state index in [4.69, 9.17) is 4.42 Å². The smallest absolute Gasteiger partial charge is 0.255 e. The lowest BCUT2D eigenvalue weighted by atomic mass is 9.95. The van der Waals surface area contributed by atoms with E-state index in [9.17, 15) is 4.79 Å². The molecular formula is C22H22N2O2S. The van der Waals surface area contributed by atoms with E-state index in [-0.39, 0.29) is 5.91 Å². The van der Waals surface area contributed by atoms with Gasteiger partial charge in [0.15, 0.2) is 0 Å². The summed E-state index contributed by atoms with van der Waals surface area (Å²) in [7, 11) is 0. The topological polar surface area (TPSA) is 54.6 Å². The Kier molecular flexibility index (Phi) is 5.21. The summed E-state index contributed by atoms with van der Waals surface area (Å²) in [6.45, 7) is 2.45. The highest BCUT2D eigenvalue weighted by atomic mass is 32.1. The molecule has 27 heavy (non-hydrogen) atoms. The zero-order valence-corrected chi connectivity index (χ0v) is 16.1. The average molecular weight is 378 g/mol. The van der Waals surface area contributed by atoms with Gasteiger partial charge in [0.05, 0.1) is 18.4 Å². The van der Waals surface area contributed by atoms with Gasteiger partial charge < -0.3 is 9.73 Å². The molecule has 0 fully saturated rings. The number of nitrogens with one attached hydrogen (secondary N) is 1. The lowest BCUT2D eigenvalue weighted by molar-refractivity contribution is 0.0948. The van der Waals surface area contributed by atoms with Gasteiger partial charge in [0.2, 0.25) is 0 Å². The van der Waals surface area contributed by atoms with Crippen LogP contribution in [0.4, 0.5) is 5.00 Å². The number of rotatable bonds is 5. The van der Waals surface area contributed by atoms with E-state index in [0.29, 0.717) is 6.54 Å². The Morgan fingerprint density at radius 1 is 1.22 bits per heavy atom. The number of amides is 1. The Hall–Kier alpha value is -2.66. The fourth-order valence-electron chi connectivity index (χ4n) is 3.33. The van der Waals surface area contributed by atoms with E-state index in [2.05, 4.69) is 29.4 Å². The summed E-state index contributed by atoms with van der Waals surface area (Å²) >= 11 is 1.65. The standard InChI is InChI=1S/C22H22N2O2S/c1-15-8-10-16(11-9-15)13-24-22-20(18-6-2-3-7-19(18)27-22)21(25)23-14-17-5-4-12-26-17/h4-5,8-13H,2-3,6-7,14H2,1H3,(H,23,25). The number of thiophene rings is 1. The van der Waals surface area contributed by atoms with Crippen molar-refractivity contribution in [1.82, 2.24) is 5.32 Å². The lowest BCUT2D eigenvalue weighted by Gasteiger charge is -2.12. The van der Waals surface area contributed by atoms with Gasteiger partial charge in [-0.15, -0.1) is 11.3 Å². The Morgan fingerprint density at radius 2 is 2.04 bits per heavy atom. The summed E-state index contributed by atoms with van der Waals surface area (Å²) in [5.41, 5.74) is 4.18. The van der Waals surface area contributed by atoms with Crippen molar-refractivity contribution in [3.8, 4) is 0 Å². The minimum absolute atomic E-state index is 0.0677. The summed E-state index contributed by atoms with van der Waals surface area (Å²) in [5, 5.41) is 3.79. The Balaban J connectivity index is 1.61. The molecule has 0 bridgehead atoms. The van der Waals surface area contributed by atoms with E-state index in [1.54, 1.807) is 17.6 Å². The molecule has 1 N–H and O–H groups in total. The highest BCUT2D eigenvalue weighted by molar-refractivity contribution is 7.16. The van der Waals surface area contributed by atoms with Crippen molar-refractivity contribution >= 4 is 28.5 Å². The van der Waals surface area contributed by atoms with E-state index < -0.39 is 0 Å². The zero-order valence-electron chi connectivity index (χ0n) is 15.3. The quantitative estimate of drug-likeness (QED) is 0.620. The van der Waals surface area contributed by atoms with E-state index in [1.807, 2.05) is 30.5 Å². The summed E-state index contributed by atoms with van der Waals surface area (Å²) < 4.78 is 5.32. The zero-order chi connectivity index (χ0) is 18.6. The molecule has 0 unspecified atom stereocenters. The molecule has 1 amide bonds. The molecule has 0 atom stereocenters. The molecule has 1 aliphatic carbocycles. The molecule has 0 saturated heterocycles. The van der Waals surface area contributed by atoms with Crippen molar-refractivity contribution in [2.75, 3.05) is 0 Å².